The maximum absolute atomic E-state index is 2.47. The fourth-order valence-electron chi connectivity index (χ4n) is 10.7. The van der Waals surface area contributed by atoms with Crippen LogP contribution in [0.25, 0.3) is 109 Å². The van der Waals surface area contributed by atoms with Crippen LogP contribution in [0.15, 0.2) is 273 Å². The van der Waals surface area contributed by atoms with E-state index in [1.807, 2.05) is 0 Å². The highest BCUT2D eigenvalue weighted by Crippen LogP contribution is 2.48. The molecule has 322 valence electrons. The zero-order valence-corrected chi connectivity index (χ0v) is 37.9. The van der Waals surface area contributed by atoms with Gasteiger partial charge in [-0.25, -0.2) is 0 Å². The van der Waals surface area contributed by atoms with Crippen LogP contribution < -0.4 is 4.90 Å². The minimum atomic E-state index is 1.09. The molecule has 0 bridgehead atoms. The summed E-state index contributed by atoms with van der Waals surface area (Å²) in [6.07, 6.45) is 0. The number of nitrogens with zero attached hydrogens (tertiary/aromatic N) is 1. The molecule has 0 radical (unpaired) electrons. The smallest absolute Gasteiger partial charge is 0.0540 e. The SMILES string of the molecule is c1ccc(-c2c(-c3ccccc3)c3cc(-c4ccccc4N(c4ccc(-c5ccc(-c6ccc7ccccc7c6)cc5)cc4)c4cccc5c4ccc4ccccc45)ccc3c3ccccc23)cc1. The Morgan fingerprint density at radius 1 is 0.203 bits per heavy atom. The monoisotopic (exact) mass is 875 g/mol. The molecule has 0 N–H and O–H groups in total. The van der Waals surface area contributed by atoms with E-state index in [-0.39, 0.29) is 0 Å². The lowest BCUT2D eigenvalue weighted by molar-refractivity contribution is 1.30. The van der Waals surface area contributed by atoms with Gasteiger partial charge in [-0.05, 0) is 135 Å². The summed E-state index contributed by atoms with van der Waals surface area (Å²) in [6.45, 7) is 0. The summed E-state index contributed by atoms with van der Waals surface area (Å²) in [5, 5.41) is 12.4. The Bertz CT molecular complexity index is 4040. The van der Waals surface area contributed by atoms with Crippen molar-refractivity contribution in [3.63, 3.8) is 0 Å². The molecule has 0 heterocycles. The molecule has 0 aliphatic carbocycles. The van der Waals surface area contributed by atoms with Gasteiger partial charge in [0.25, 0.3) is 0 Å². The van der Waals surface area contributed by atoms with Crippen LogP contribution in [0.3, 0.4) is 0 Å². The van der Waals surface area contributed by atoms with Gasteiger partial charge in [-0.15, -0.1) is 0 Å². The lowest BCUT2D eigenvalue weighted by Crippen LogP contribution is -2.11. The van der Waals surface area contributed by atoms with Crippen molar-refractivity contribution in [2.24, 2.45) is 0 Å². The summed E-state index contributed by atoms with van der Waals surface area (Å²) in [7, 11) is 0. The standard InChI is InChI=1S/C68H45N/c1-3-18-51(19-4-1)67-63-26-12-11-25-60(63)61-42-39-55(45-64(61)68(67)52-20-5-2-6-21-52)58-24-13-14-28-65(58)69(66-29-15-27-59-57-23-10-9-17-50(57)38-43-62(59)66)56-40-36-48(37-41-56)47-30-32-49(33-31-47)54-35-34-46-16-7-8-22-53(46)44-54/h1-45H. The first kappa shape index (κ1) is 40.3. The number of anilines is 3. The first-order valence-corrected chi connectivity index (χ1v) is 23.8. The number of hydrogen-bond acceptors (Lipinski definition) is 1. The first-order valence-electron chi connectivity index (χ1n) is 23.8. The summed E-state index contributed by atoms with van der Waals surface area (Å²) < 4.78 is 0. The van der Waals surface area contributed by atoms with E-state index in [0.29, 0.717) is 0 Å². The zero-order chi connectivity index (χ0) is 45.7. The molecule has 0 saturated heterocycles. The normalized spacial score (nSPS) is 11.5. The topological polar surface area (TPSA) is 3.24 Å². The average Bonchev–Trinajstić information content (AvgIpc) is 3.43. The van der Waals surface area contributed by atoms with E-state index in [4.69, 9.17) is 0 Å². The highest BCUT2D eigenvalue weighted by molar-refractivity contribution is 6.22. The van der Waals surface area contributed by atoms with Gasteiger partial charge < -0.3 is 4.90 Å². The summed E-state index contributed by atoms with van der Waals surface area (Å²) in [5.41, 5.74) is 15.3. The van der Waals surface area contributed by atoms with E-state index in [1.165, 1.54) is 98.4 Å². The molecule has 1 heteroatoms. The fraction of sp³-hybridized carbons (Fsp3) is 0. The van der Waals surface area contributed by atoms with E-state index < -0.39 is 0 Å². The van der Waals surface area contributed by atoms with Crippen LogP contribution in [0, 0.1) is 0 Å². The van der Waals surface area contributed by atoms with Crippen molar-refractivity contribution in [3.05, 3.63) is 273 Å². The van der Waals surface area contributed by atoms with Crippen molar-refractivity contribution in [2.75, 3.05) is 4.90 Å². The molecule has 0 fully saturated rings. The second-order valence-electron chi connectivity index (χ2n) is 18.0. The average molecular weight is 876 g/mol. The highest BCUT2D eigenvalue weighted by atomic mass is 15.1. The molecule has 0 saturated carbocycles. The lowest BCUT2D eigenvalue weighted by atomic mass is 9.84. The molecule has 13 rings (SSSR count). The van der Waals surface area contributed by atoms with Gasteiger partial charge in [0.15, 0.2) is 0 Å². The molecular weight excluding hydrogens is 831 g/mol. The Hall–Kier alpha value is -9.04. The van der Waals surface area contributed by atoms with E-state index in [0.717, 1.165) is 28.2 Å². The molecule has 1 nitrogen and oxygen atoms in total. The van der Waals surface area contributed by atoms with E-state index >= 15 is 0 Å². The molecule has 13 aromatic carbocycles. The van der Waals surface area contributed by atoms with Crippen LogP contribution in [0.4, 0.5) is 17.1 Å². The number of benzene rings is 13. The van der Waals surface area contributed by atoms with Gasteiger partial charge in [0.1, 0.15) is 0 Å². The third kappa shape index (κ3) is 7.12. The third-order valence-electron chi connectivity index (χ3n) is 14.0. The van der Waals surface area contributed by atoms with Crippen LogP contribution in [-0.2, 0) is 0 Å². The highest BCUT2D eigenvalue weighted by Gasteiger charge is 2.22. The molecule has 69 heavy (non-hydrogen) atoms. The van der Waals surface area contributed by atoms with E-state index in [9.17, 15) is 0 Å². The Morgan fingerprint density at radius 3 is 1.41 bits per heavy atom. The Labute approximate surface area is 402 Å². The second kappa shape index (κ2) is 17.0. The zero-order valence-electron chi connectivity index (χ0n) is 37.9. The molecule has 0 amide bonds. The van der Waals surface area contributed by atoms with E-state index in [1.54, 1.807) is 0 Å². The van der Waals surface area contributed by atoms with Crippen molar-refractivity contribution in [2.45, 2.75) is 0 Å². The Balaban J connectivity index is 0.986. The molecular formula is C68H45N. The van der Waals surface area contributed by atoms with Crippen molar-refractivity contribution < 1.29 is 0 Å². The summed E-state index contributed by atoms with van der Waals surface area (Å²) >= 11 is 0. The van der Waals surface area contributed by atoms with E-state index in [2.05, 4.69) is 278 Å². The van der Waals surface area contributed by atoms with Crippen molar-refractivity contribution in [3.8, 4) is 55.6 Å². The van der Waals surface area contributed by atoms with Gasteiger partial charge in [0.05, 0.1) is 11.4 Å². The van der Waals surface area contributed by atoms with Crippen molar-refractivity contribution >= 4 is 70.9 Å². The van der Waals surface area contributed by atoms with Crippen LogP contribution in [-0.4, -0.2) is 0 Å². The molecule has 13 aromatic rings. The maximum atomic E-state index is 2.47. The Morgan fingerprint density at radius 2 is 0.667 bits per heavy atom. The number of para-hydroxylation sites is 1. The largest absolute Gasteiger partial charge is 0.309 e. The predicted molar refractivity (Wildman–Crippen MR) is 296 cm³/mol. The number of rotatable bonds is 8. The van der Waals surface area contributed by atoms with Crippen LogP contribution in [0.2, 0.25) is 0 Å². The lowest BCUT2D eigenvalue weighted by Gasteiger charge is -2.29. The number of fused-ring (bicyclic) bond motifs is 7. The van der Waals surface area contributed by atoms with Gasteiger partial charge >= 0.3 is 0 Å². The Kier molecular flexibility index (Phi) is 9.91. The summed E-state index contributed by atoms with van der Waals surface area (Å²) in [5.74, 6) is 0. The van der Waals surface area contributed by atoms with Gasteiger partial charge in [-0.1, -0.05) is 237 Å². The van der Waals surface area contributed by atoms with Crippen molar-refractivity contribution in [1.82, 2.24) is 0 Å². The first-order chi connectivity index (χ1) is 34.2. The molecule has 0 unspecified atom stereocenters. The third-order valence-corrected chi connectivity index (χ3v) is 14.0. The minimum absolute atomic E-state index is 1.09. The van der Waals surface area contributed by atoms with Gasteiger partial charge in [-0.3, -0.25) is 0 Å². The molecule has 0 atom stereocenters. The summed E-state index contributed by atoms with van der Waals surface area (Å²) in [6, 6.07) is 100. The minimum Gasteiger partial charge on any atom is -0.309 e. The van der Waals surface area contributed by atoms with Crippen LogP contribution >= 0.6 is 0 Å². The fourth-order valence-corrected chi connectivity index (χ4v) is 10.7. The van der Waals surface area contributed by atoms with Crippen molar-refractivity contribution in [1.29, 1.82) is 0 Å². The molecule has 0 aliphatic rings. The van der Waals surface area contributed by atoms with Crippen LogP contribution in [0.5, 0.6) is 0 Å². The second-order valence-corrected chi connectivity index (χ2v) is 18.0. The molecule has 0 aromatic heterocycles. The molecule has 0 spiro atoms. The van der Waals surface area contributed by atoms with Gasteiger partial charge in [-0.2, -0.15) is 0 Å². The number of hydrogen-bond donors (Lipinski definition) is 0. The van der Waals surface area contributed by atoms with Crippen LogP contribution in [0.1, 0.15) is 0 Å². The molecule has 0 aliphatic heterocycles. The summed E-state index contributed by atoms with van der Waals surface area (Å²) in [4.78, 5) is 2.47. The maximum Gasteiger partial charge on any atom is 0.0540 e. The quantitative estimate of drug-likeness (QED) is 0.138. The predicted octanol–water partition coefficient (Wildman–Crippen LogP) is 19.3. The van der Waals surface area contributed by atoms with Gasteiger partial charge in [0.2, 0.25) is 0 Å². The van der Waals surface area contributed by atoms with Gasteiger partial charge in [0, 0.05) is 16.6 Å².